The molecule has 0 unspecified atom stereocenters. The third kappa shape index (κ3) is 1.96. The summed E-state index contributed by atoms with van der Waals surface area (Å²) < 4.78 is 0. The van der Waals surface area contributed by atoms with Crippen molar-refractivity contribution >= 4 is 28.8 Å². The second kappa shape index (κ2) is 4.29. The smallest absolute Gasteiger partial charge is 0.209 e. The number of thioether (sulfide) groups is 1. The van der Waals surface area contributed by atoms with Gasteiger partial charge < -0.3 is 0 Å². The lowest BCUT2D eigenvalue weighted by Crippen LogP contribution is -1.79. The molecule has 69 valence electrons. The molecule has 0 bridgehead atoms. The molecule has 1 radical (unpaired) electrons. The summed E-state index contributed by atoms with van der Waals surface area (Å²) in [5.74, 6) is 0.401. The van der Waals surface area contributed by atoms with Crippen LogP contribution in [0.25, 0.3) is 10.8 Å². The first kappa shape index (κ1) is 9.28. The Kier molecular flexibility index (Phi) is 2.84. The number of hydrogen-bond acceptors (Lipinski definition) is 2. The van der Waals surface area contributed by atoms with Crippen molar-refractivity contribution in [1.82, 2.24) is 0 Å². The highest BCUT2D eigenvalue weighted by Crippen LogP contribution is 2.22. The van der Waals surface area contributed by atoms with Crippen molar-refractivity contribution in [3.8, 4) is 0 Å². The van der Waals surface area contributed by atoms with Crippen molar-refractivity contribution in [2.75, 3.05) is 5.75 Å². The van der Waals surface area contributed by atoms with Gasteiger partial charge in [0.15, 0.2) is 0 Å². The predicted molar refractivity (Wildman–Crippen MR) is 60.4 cm³/mol. The summed E-state index contributed by atoms with van der Waals surface area (Å²) >= 11 is 1.51. The fourth-order valence-electron chi connectivity index (χ4n) is 1.37. The molecule has 0 fully saturated rings. The van der Waals surface area contributed by atoms with Gasteiger partial charge in [-0.1, -0.05) is 30.3 Å². The monoisotopic (exact) mass is 201 g/mol. The molecule has 2 aromatic carbocycles. The minimum atomic E-state index is 0.401. The molecule has 0 amide bonds. The molecule has 2 aromatic rings. The number of hydrogen-bond donors (Lipinski definition) is 0. The Hall–Kier alpha value is -1.28. The average Bonchev–Trinajstić information content (AvgIpc) is 2.26. The predicted octanol–water partition coefficient (Wildman–Crippen LogP) is 3.04. The maximum absolute atomic E-state index is 10.1. The van der Waals surface area contributed by atoms with Crippen LogP contribution in [-0.2, 0) is 4.79 Å². The van der Waals surface area contributed by atoms with Gasteiger partial charge in [0.05, 0.1) is 5.75 Å². The van der Waals surface area contributed by atoms with E-state index in [1.807, 2.05) is 24.5 Å². The maximum atomic E-state index is 10.1. The van der Waals surface area contributed by atoms with E-state index in [-0.39, 0.29) is 0 Å². The van der Waals surface area contributed by atoms with Crippen molar-refractivity contribution in [3.63, 3.8) is 0 Å². The first-order valence-electron chi connectivity index (χ1n) is 4.37. The molecular weight excluding hydrogens is 192 g/mol. The molecule has 0 N–H and O–H groups in total. The highest BCUT2D eigenvalue weighted by atomic mass is 32.2. The van der Waals surface area contributed by atoms with E-state index < -0.39 is 0 Å². The van der Waals surface area contributed by atoms with Crippen LogP contribution in [0.5, 0.6) is 0 Å². The van der Waals surface area contributed by atoms with Crippen LogP contribution in [-0.4, -0.2) is 12.0 Å². The van der Waals surface area contributed by atoms with Crippen LogP contribution in [0.2, 0.25) is 0 Å². The molecule has 0 spiro atoms. The molecule has 0 aliphatic rings. The van der Waals surface area contributed by atoms with E-state index >= 15 is 0 Å². The van der Waals surface area contributed by atoms with Gasteiger partial charge in [-0.05, 0) is 22.9 Å². The zero-order valence-electron chi connectivity index (χ0n) is 7.57. The summed E-state index contributed by atoms with van der Waals surface area (Å²) in [4.78, 5) is 11.2. The summed E-state index contributed by atoms with van der Waals surface area (Å²) in [6, 6.07) is 14.4. The molecular formula is C12H9OS. The van der Waals surface area contributed by atoms with E-state index in [1.165, 1.54) is 22.5 Å². The standard InChI is InChI=1S/C12H9OS/c13-7-8-14-12-6-5-10-3-1-2-4-11(10)9-12/h1-6,9H,8H2. The molecule has 0 saturated heterocycles. The highest BCUT2D eigenvalue weighted by molar-refractivity contribution is 7.99. The van der Waals surface area contributed by atoms with Gasteiger partial charge in [0, 0.05) is 4.90 Å². The Morgan fingerprint density at radius 2 is 1.86 bits per heavy atom. The Morgan fingerprint density at radius 3 is 2.64 bits per heavy atom. The quantitative estimate of drug-likeness (QED) is 0.710. The minimum Gasteiger partial charge on any atom is -0.290 e. The summed E-state index contributed by atoms with van der Waals surface area (Å²) in [6.45, 7) is 0. The summed E-state index contributed by atoms with van der Waals surface area (Å²) in [7, 11) is 0. The van der Waals surface area contributed by atoms with E-state index in [1.54, 1.807) is 0 Å². The molecule has 0 saturated carbocycles. The Bertz CT molecular complexity index is 451. The number of carbonyl (C=O) groups excluding carboxylic acids is 1. The van der Waals surface area contributed by atoms with Gasteiger partial charge in [0.25, 0.3) is 0 Å². The lowest BCUT2D eigenvalue weighted by molar-refractivity contribution is 0.560. The van der Waals surface area contributed by atoms with Crippen LogP contribution < -0.4 is 0 Å². The van der Waals surface area contributed by atoms with Crippen LogP contribution >= 0.6 is 11.8 Å². The van der Waals surface area contributed by atoms with E-state index in [0.29, 0.717) is 5.75 Å². The summed E-state index contributed by atoms with van der Waals surface area (Å²) in [5, 5.41) is 2.44. The van der Waals surface area contributed by atoms with Crippen LogP contribution in [0.1, 0.15) is 0 Å². The van der Waals surface area contributed by atoms with Crippen LogP contribution in [0.4, 0.5) is 0 Å². The molecule has 0 atom stereocenters. The lowest BCUT2D eigenvalue weighted by Gasteiger charge is -2.00. The first-order chi connectivity index (χ1) is 6.90. The van der Waals surface area contributed by atoms with Crippen LogP contribution in [0.15, 0.2) is 47.4 Å². The normalized spacial score (nSPS) is 10.3. The van der Waals surface area contributed by atoms with Gasteiger partial charge in [-0.3, -0.25) is 4.79 Å². The first-order valence-corrected chi connectivity index (χ1v) is 5.35. The molecule has 2 rings (SSSR count). The fraction of sp³-hybridized carbons (Fsp3) is 0.0833. The Balaban J connectivity index is 2.36. The van der Waals surface area contributed by atoms with Crippen molar-refractivity contribution in [2.45, 2.75) is 4.90 Å². The molecule has 14 heavy (non-hydrogen) atoms. The number of rotatable bonds is 3. The maximum Gasteiger partial charge on any atom is 0.209 e. The van der Waals surface area contributed by atoms with E-state index in [9.17, 15) is 4.79 Å². The Morgan fingerprint density at radius 1 is 1.07 bits per heavy atom. The van der Waals surface area contributed by atoms with Crippen molar-refractivity contribution < 1.29 is 4.79 Å². The third-order valence-electron chi connectivity index (χ3n) is 2.02. The molecule has 1 nitrogen and oxygen atoms in total. The zero-order valence-corrected chi connectivity index (χ0v) is 8.38. The zero-order chi connectivity index (χ0) is 9.80. The van der Waals surface area contributed by atoms with Gasteiger partial charge in [-0.15, -0.1) is 11.8 Å². The summed E-state index contributed by atoms with van der Waals surface area (Å²) in [6.07, 6.45) is 1.88. The van der Waals surface area contributed by atoms with E-state index in [2.05, 4.69) is 24.3 Å². The number of benzene rings is 2. The molecule has 0 aromatic heterocycles. The fourth-order valence-corrected chi connectivity index (χ4v) is 1.97. The van der Waals surface area contributed by atoms with Gasteiger partial charge in [0.1, 0.15) is 0 Å². The van der Waals surface area contributed by atoms with E-state index in [0.717, 1.165) is 4.90 Å². The number of fused-ring (bicyclic) bond motifs is 1. The Labute approximate surface area is 87.1 Å². The topological polar surface area (TPSA) is 17.1 Å². The highest BCUT2D eigenvalue weighted by Gasteiger charge is 1.95. The molecule has 0 heterocycles. The van der Waals surface area contributed by atoms with Crippen molar-refractivity contribution in [2.24, 2.45) is 0 Å². The molecule has 2 heteroatoms. The van der Waals surface area contributed by atoms with Crippen molar-refractivity contribution in [3.05, 3.63) is 42.5 Å². The average molecular weight is 201 g/mol. The van der Waals surface area contributed by atoms with Crippen LogP contribution in [0.3, 0.4) is 0 Å². The van der Waals surface area contributed by atoms with Crippen LogP contribution in [0, 0.1) is 0 Å². The molecule has 0 aliphatic carbocycles. The lowest BCUT2D eigenvalue weighted by atomic mass is 10.1. The van der Waals surface area contributed by atoms with Gasteiger partial charge in [0.2, 0.25) is 6.29 Å². The third-order valence-corrected chi connectivity index (χ3v) is 2.87. The van der Waals surface area contributed by atoms with E-state index in [4.69, 9.17) is 0 Å². The van der Waals surface area contributed by atoms with Gasteiger partial charge >= 0.3 is 0 Å². The SMILES string of the molecule is O=[C]CSc1ccc2ccccc2c1. The van der Waals surface area contributed by atoms with Gasteiger partial charge in [-0.2, -0.15) is 0 Å². The summed E-state index contributed by atoms with van der Waals surface area (Å²) in [5.41, 5.74) is 0. The second-order valence-electron chi connectivity index (χ2n) is 2.94. The largest absolute Gasteiger partial charge is 0.290 e. The minimum absolute atomic E-state index is 0.401. The van der Waals surface area contributed by atoms with Crippen molar-refractivity contribution in [1.29, 1.82) is 0 Å². The second-order valence-corrected chi connectivity index (χ2v) is 3.99. The van der Waals surface area contributed by atoms with Gasteiger partial charge in [-0.25, -0.2) is 0 Å². The molecule has 0 aliphatic heterocycles.